The number of alkyl halides is 3. The van der Waals surface area contributed by atoms with Gasteiger partial charge in [0.05, 0.1) is 5.56 Å². The summed E-state index contributed by atoms with van der Waals surface area (Å²) in [6.45, 7) is 1.64. The van der Waals surface area contributed by atoms with Crippen LogP contribution in [0.3, 0.4) is 0 Å². The molecule has 5 rings (SSSR count). The molecule has 12 heteroatoms. The van der Waals surface area contributed by atoms with Crippen molar-refractivity contribution in [3.63, 3.8) is 0 Å². The number of aromatic nitrogens is 2. The van der Waals surface area contributed by atoms with Gasteiger partial charge in [-0.25, -0.2) is 9.97 Å². The second kappa shape index (κ2) is 10.7. The third-order valence-corrected chi connectivity index (χ3v) is 6.40. The Kier molecular flexibility index (Phi) is 7.20. The lowest BCUT2D eigenvalue weighted by atomic mass is 9.95. The molecule has 2 amide bonds. The number of rotatable bonds is 7. The monoisotopic (exact) mass is 538 g/mol. The SMILES string of the molecule is NC(=O)c1cc(NC2CCNC2=O)nc(-c2ccc(Oc3ccc(C(F)(F)F)c(C4=CCNCC4)c3)cc2)n1. The van der Waals surface area contributed by atoms with E-state index in [2.05, 4.69) is 25.9 Å². The summed E-state index contributed by atoms with van der Waals surface area (Å²) in [5, 5.41) is 8.83. The highest BCUT2D eigenvalue weighted by molar-refractivity contribution is 5.92. The van der Waals surface area contributed by atoms with Crippen LogP contribution in [0.4, 0.5) is 19.0 Å². The summed E-state index contributed by atoms with van der Waals surface area (Å²) < 4.78 is 46.8. The van der Waals surface area contributed by atoms with Gasteiger partial charge >= 0.3 is 6.18 Å². The molecule has 2 aliphatic heterocycles. The summed E-state index contributed by atoms with van der Waals surface area (Å²) >= 11 is 0. The highest BCUT2D eigenvalue weighted by Crippen LogP contribution is 2.39. The van der Waals surface area contributed by atoms with E-state index >= 15 is 0 Å². The highest BCUT2D eigenvalue weighted by Gasteiger charge is 2.34. The van der Waals surface area contributed by atoms with Gasteiger partial charge in [0.25, 0.3) is 5.91 Å². The van der Waals surface area contributed by atoms with E-state index < -0.39 is 23.7 Å². The fourth-order valence-electron chi connectivity index (χ4n) is 4.46. The summed E-state index contributed by atoms with van der Waals surface area (Å²) in [6, 6.07) is 11.2. The third kappa shape index (κ3) is 6.01. The number of nitrogens with one attached hydrogen (secondary N) is 3. The van der Waals surface area contributed by atoms with Crippen molar-refractivity contribution in [2.24, 2.45) is 5.73 Å². The smallest absolute Gasteiger partial charge is 0.417 e. The number of nitrogens with two attached hydrogens (primary N) is 1. The minimum absolute atomic E-state index is 0.0225. The minimum atomic E-state index is -4.49. The van der Waals surface area contributed by atoms with E-state index in [1.165, 1.54) is 18.2 Å². The first kappa shape index (κ1) is 26.2. The molecule has 1 unspecified atom stereocenters. The van der Waals surface area contributed by atoms with Gasteiger partial charge in [-0.15, -0.1) is 0 Å². The summed E-state index contributed by atoms with van der Waals surface area (Å²) in [6.07, 6.45) is -1.69. The van der Waals surface area contributed by atoms with E-state index in [0.29, 0.717) is 49.4 Å². The van der Waals surface area contributed by atoms with E-state index in [9.17, 15) is 22.8 Å². The third-order valence-electron chi connectivity index (χ3n) is 6.40. The van der Waals surface area contributed by atoms with Crippen molar-refractivity contribution in [3.8, 4) is 22.9 Å². The molecule has 3 aromatic rings. The standard InChI is InChI=1S/C27H25F3N6O3/c28-27(29,30)20-6-5-18(13-19(20)15-7-10-32-11-8-15)39-17-3-1-16(2-4-17)25-35-22(24(31)37)14-23(36-25)34-21-9-12-33-26(21)38/h1-7,13-14,21,32H,8-12H2,(H2,31,37)(H,33,38)(H,34,35,36). The molecule has 1 aromatic heterocycles. The van der Waals surface area contributed by atoms with Crippen LogP contribution in [0, 0.1) is 0 Å². The fourth-order valence-corrected chi connectivity index (χ4v) is 4.46. The molecule has 1 saturated heterocycles. The number of carbonyl (C=O) groups is 2. The van der Waals surface area contributed by atoms with Crippen molar-refractivity contribution in [2.45, 2.75) is 25.1 Å². The molecular weight excluding hydrogens is 513 g/mol. The van der Waals surface area contributed by atoms with Gasteiger partial charge in [0, 0.05) is 24.7 Å². The normalized spacial score (nSPS) is 17.4. The van der Waals surface area contributed by atoms with E-state index in [0.717, 1.165) is 6.07 Å². The maximum Gasteiger partial charge on any atom is 0.417 e. The number of nitrogens with zero attached hydrogens (tertiary/aromatic N) is 2. The van der Waals surface area contributed by atoms with Crippen LogP contribution in [0.5, 0.6) is 11.5 Å². The molecule has 2 aliphatic rings. The molecule has 5 N–H and O–H groups in total. The number of primary amides is 1. The fraction of sp³-hybridized carbons (Fsp3) is 0.259. The largest absolute Gasteiger partial charge is 0.457 e. The lowest BCUT2D eigenvalue weighted by Gasteiger charge is -2.20. The molecule has 9 nitrogen and oxygen atoms in total. The van der Waals surface area contributed by atoms with Crippen LogP contribution in [0.15, 0.2) is 54.6 Å². The number of amides is 2. The van der Waals surface area contributed by atoms with Gasteiger partial charge in [-0.1, -0.05) is 6.08 Å². The quantitative estimate of drug-likeness (QED) is 0.361. The Balaban J connectivity index is 1.39. The van der Waals surface area contributed by atoms with Crippen LogP contribution >= 0.6 is 0 Å². The Bertz CT molecular complexity index is 1440. The maximum atomic E-state index is 13.7. The second-order valence-electron chi connectivity index (χ2n) is 9.12. The van der Waals surface area contributed by atoms with Crippen molar-refractivity contribution in [1.82, 2.24) is 20.6 Å². The summed E-state index contributed by atoms with van der Waals surface area (Å²) in [7, 11) is 0. The number of benzene rings is 2. The van der Waals surface area contributed by atoms with Crippen molar-refractivity contribution in [2.75, 3.05) is 25.0 Å². The van der Waals surface area contributed by atoms with Crippen LogP contribution in [-0.2, 0) is 11.0 Å². The molecule has 1 atom stereocenters. The number of ether oxygens (including phenoxy) is 1. The predicted molar refractivity (Wildman–Crippen MR) is 138 cm³/mol. The Labute approximate surface area is 221 Å². The summed E-state index contributed by atoms with van der Waals surface area (Å²) in [5.74, 6) is 0.211. The molecule has 0 radical (unpaired) electrons. The summed E-state index contributed by atoms with van der Waals surface area (Å²) in [5.41, 5.74) is 5.98. The van der Waals surface area contributed by atoms with Gasteiger partial charge in [-0.2, -0.15) is 13.2 Å². The maximum absolute atomic E-state index is 13.7. The Morgan fingerprint density at radius 2 is 1.82 bits per heavy atom. The number of carbonyl (C=O) groups excluding carboxylic acids is 2. The second-order valence-corrected chi connectivity index (χ2v) is 9.12. The van der Waals surface area contributed by atoms with E-state index in [1.54, 1.807) is 30.3 Å². The van der Waals surface area contributed by atoms with Crippen molar-refractivity contribution in [3.05, 3.63) is 71.4 Å². The Hall–Kier alpha value is -4.45. The number of hydrogen-bond donors (Lipinski definition) is 4. The van der Waals surface area contributed by atoms with Gasteiger partial charge in [0.1, 0.15) is 29.1 Å². The van der Waals surface area contributed by atoms with Gasteiger partial charge in [-0.05, 0) is 73.0 Å². The average Bonchev–Trinajstić information content (AvgIpc) is 3.32. The lowest BCUT2D eigenvalue weighted by molar-refractivity contribution is -0.137. The van der Waals surface area contributed by atoms with Crippen LogP contribution in [0.2, 0.25) is 0 Å². The van der Waals surface area contributed by atoms with Crippen LogP contribution in [0.1, 0.15) is 34.5 Å². The van der Waals surface area contributed by atoms with E-state index in [-0.39, 0.29) is 34.6 Å². The molecule has 2 aromatic carbocycles. The molecule has 202 valence electrons. The molecule has 0 spiro atoms. The molecule has 0 bridgehead atoms. The number of hydrogen-bond acceptors (Lipinski definition) is 7. The molecular formula is C27H25F3N6O3. The minimum Gasteiger partial charge on any atom is -0.457 e. The zero-order valence-electron chi connectivity index (χ0n) is 20.6. The van der Waals surface area contributed by atoms with Gasteiger partial charge in [0.2, 0.25) is 5.91 Å². The van der Waals surface area contributed by atoms with Crippen molar-refractivity contribution in [1.29, 1.82) is 0 Å². The molecule has 1 fully saturated rings. The zero-order chi connectivity index (χ0) is 27.6. The van der Waals surface area contributed by atoms with Crippen molar-refractivity contribution < 1.29 is 27.5 Å². The Morgan fingerprint density at radius 3 is 2.46 bits per heavy atom. The lowest BCUT2D eigenvalue weighted by Crippen LogP contribution is -2.30. The van der Waals surface area contributed by atoms with Crippen LogP contribution in [-0.4, -0.2) is 47.5 Å². The molecule has 39 heavy (non-hydrogen) atoms. The van der Waals surface area contributed by atoms with Crippen molar-refractivity contribution >= 4 is 23.2 Å². The molecule has 0 aliphatic carbocycles. The average molecular weight is 539 g/mol. The first-order chi connectivity index (χ1) is 18.7. The van der Waals surface area contributed by atoms with Gasteiger partial charge in [-0.3, -0.25) is 9.59 Å². The first-order valence-corrected chi connectivity index (χ1v) is 12.3. The first-order valence-electron chi connectivity index (χ1n) is 12.3. The Morgan fingerprint density at radius 1 is 1.05 bits per heavy atom. The molecule has 0 saturated carbocycles. The van der Waals surface area contributed by atoms with Gasteiger partial charge in [0.15, 0.2) is 5.82 Å². The van der Waals surface area contributed by atoms with Crippen LogP contribution in [0.25, 0.3) is 17.0 Å². The van der Waals surface area contributed by atoms with E-state index in [4.69, 9.17) is 10.5 Å². The van der Waals surface area contributed by atoms with Crippen LogP contribution < -0.4 is 26.4 Å². The molecule has 3 heterocycles. The van der Waals surface area contributed by atoms with E-state index in [1.807, 2.05) is 0 Å². The summed E-state index contributed by atoms with van der Waals surface area (Å²) in [4.78, 5) is 32.4. The zero-order valence-corrected chi connectivity index (χ0v) is 20.6. The highest BCUT2D eigenvalue weighted by atomic mass is 19.4. The predicted octanol–water partition coefficient (Wildman–Crippen LogP) is 3.73. The topological polar surface area (TPSA) is 131 Å². The van der Waals surface area contributed by atoms with Gasteiger partial charge < -0.3 is 26.4 Å². The number of halogens is 3. The number of anilines is 1.